The van der Waals surface area contributed by atoms with E-state index in [9.17, 15) is 18.0 Å². The van der Waals surface area contributed by atoms with Crippen LogP contribution in [0.1, 0.15) is 35.2 Å². The summed E-state index contributed by atoms with van der Waals surface area (Å²) in [6.45, 7) is 0. The van der Waals surface area contributed by atoms with Crippen LogP contribution in [0, 0.1) is 5.92 Å². The van der Waals surface area contributed by atoms with E-state index in [0.717, 1.165) is 25.3 Å². The van der Waals surface area contributed by atoms with Gasteiger partial charge < -0.3 is 5.32 Å². The number of hydrogen-bond acceptors (Lipinski definition) is 1. The number of carbonyl (C=O) groups excluding carboxylic acids is 1. The predicted molar refractivity (Wildman–Crippen MR) is 66.7 cm³/mol. The summed E-state index contributed by atoms with van der Waals surface area (Å²) >= 11 is 3.10. The van der Waals surface area contributed by atoms with Crippen LogP contribution >= 0.6 is 15.9 Å². The maximum absolute atomic E-state index is 12.9. The fourth-order valence-electron chi connectivity index (χ4n) is 2.89. The van der Waals surface area contributed by atoms with Crippen LogP contribution in [0.3, 0.4) is 0 Å². The smallest absolute Gasteiger partial charge is 0.347 e. The van der Waals surface area contributed by atoms with Crippen LogP contribution in [0.5, 0.6) is 0 Å². The first-order valence-electron chi connectivity index (χ1n) is 5.98. The Hall–Kier alpha value is -1.04. The van der Waals surface area contributed by atoms with Gasteiger partial charge in [-0.05, 0) is 43.4 Å². The van der Waals surface area contributed by atoms with E-state index in [1.807, 2.05) is 0 Å². The van der Waals surface area contributed by atoms with Crippen LogP contribution in [0.15, 0.2) is 22.7 Å². The number of carbonyl (C=O) groups is 1. The third kappa shape index (κ3) is 2.16. The quantitative estimate of drug-likeness (QED) is 0.877. The van der Waals surface area contributed by atoms with Gasteiger partial charge in [-0.15, -0.1) is 0 Å². The fraction of sp³-hybridized carbons (Fsp3) is 0.462. The van der Waals surface area contributed by atoms with Crippen molar-refractivity contribution in [3.63, 3.8) is 0 Å². The molecule has 0 radical (unpaired) electrons. The van der Waals surface area contributed by atoms with Gasteiger partial charge in [-0.2, -0.15) is 13.2 Å². The van der Waals surface area contributed by atoms with Crippen LogP contribution in [-0.4, -0.2) is 11.4 Å². The molecule has 1 amide bonds. The van der Waals surface area contributed by atoms with Crippen LogP contribution in [0.4, 0.5) is 13.2 Å². The first-order valence-corrected chi connectivity index (χ1v) is 6.78. The van der Waals surface area contributed by atoms with E-state index in [0.29, 0.717) is 10.4 Å². The molecule has 102 valence electrons. The van der Waals surface area contributed by atoms with Crippen molar-refractivity contribution >= 4 is 21.8 Å². The topological polar surface area (TPSA) is 29.1 Å². The monoisotopic (exact) mass is 333 g/mol. The van der Waals surface area contributed by atoms with Gasteiger partial charge in [0.15, 0.2) is 0 Å². The van der Waals surface area contributed by atoms with E-state index >= 15 is 0 Å². The van der Waals surface area contributed by atoms with Crippen molar-refractivity contribution in [3.05, 3.63) is 33.8 Å². The minimum absolute atomic E-state index is 0.229. The summed E-state index contributed by atoms with van der Waals surface area (Å²) in [6, 6.07) is 3.45. The molecule has 0 aliphatic heterocycles. The summed E-state index contributed by atoms with van der Waals surface area (Å²) < 4.78 is 39.1. The molecular weight excluding hydrogens is 323 g/mol. The number of amides is 1. The van der Waals surface area contributed by atoms with Crippen LogP contribution in [-0.2, 0) is 6.18 Å². The Kier molecular flexibility index (Phi) is 2.71. The summed E-state index contributed by atoms with van der Waals surface area (Å²) in [6.07, 6.45) is -1.83. The number of benzene rings is 1. The molecule has 1 aromatic rings. The minimum atomic E-state index is -4.52. The Morgan fingerprint density at radius 2 is 1.95 bits per heavy atom. The van der Waals surface area contributed by atoms with Gasteiger partial charge in [0.05, 0.1) is 11.1 Å². The van der Waals surface area contributed by atoms with Gasteiger partial charge in [-0.3, -0.25) is 4.79 Å². The summed E-state index contributed by atoms with van der Waals surface area (Å²) in [5.74, 6) is 0.0247. The van der Waals surface area contributed by atoms with Crippen LogP contribution in [0.2, 0.25) is 0 Å². The molecule has 3 aliphatic rings. The van der Waals surface area contributed by atoms with Crippen molar-refractivity contribution in [1.29, 1.82) is 0 Å². The molecule has 2 bridgehead atoms. The zero-order chi connectivity index (χ0) is 13.8. The largest absolute Gasteiger partial charge is 0.417 e. The van der Waals surface area contributed by atoms with Crippen molar-refractivity contribution in [1.82, 2.24) is 5.32 Å². The molecule has 0 atom stereocenters. The molecule has 1 aromatic carbocycles. The van der Waals surface area contributed by atoms with E-state index in [2.05, 4.69) is 21.2 Å². The number of nitrogens with one attached hydrogen (secondary N) is 1. The zero-order valence-corrected chi connectivity index (χ0v) is 11.4. The Labute approximate surface area is 116 Å². The van der Waals surface area contributed by atoms with Gasteiger partial charge in [0, 0.05) is 10.0 Å². The highest BCUT2D eigenvalue weighted by molar-refractivity contribution is 9.10. The van der Waals surface area contributed by atoms with E-state index in [4.69, 9.17) is 0 Å². The molecular formula is C13H11BrF3NO. The first-order chi connectivity index (χ1) is 8.79. The predicted octanol–water partition coefficient (Wildman–Crippen LogP) is 3.75. The van der Waals surface area contributed by atoms with Crippen molar-refractivity contribution < 1.29 is 18.0 Å². The first kappa shape index (κ1) is 13.0. The highest BCUT2D eigenvalue weighted by Gasteiger charge is 2.57. The molecule has 0 saturated heterocycles. The van der Waals surface area contributed by atoms with E-state index in [1.54, 1.807) is 0 Å². The average molecular weight is 334 g/mol. The maximum Gasteiger partial charge on any atom is 0.417 e. The Balaban J connectivity index is 1.89. The standard InChI is InChI=1S/C13H11BrF3NO/c14-8-1-2-10(13(15,16)17)9(3-8)11(19)18-12-4-7(5-12)6-12/h1-3,7H,4-6H2,(H,18,19). The molecule has 6 heteroatoms. The molecule has 3 fully saturated rings. The lowest BCUT2D eigenvalue weighted by atomic mass is 9.50. The lowest BCUT2D eigenvalue weighted by Crippen LogP contribution is -2.68. The lowest BCUT2D eigenvalue weighted by Gasteiger charge is -2.61. The third-order valence-corrected chi connectivity index (χ3v) is 4.44. The molecule has 3 saturated carbocycles. The minimum Gasteiger partial charge on any atom is -0.347 e. The summed E-state index contributed by atoms with van der Waals surface area (Å²) in [5.41, 5.74) is -1.43. The summed E-state index contributed by atoms with van der Waals surface area (Å²) in [5, 5.41) is 2.75. The van der Waals surface area contributed by atoms with Gasteiger partial charge in [0.2, 0.25) is 0 Å². The van der Waals surface area contributed by atoms with Gasteiger partial charge in [-0.1, -0.05) is 15.9 Å². The second-order valence-corrected chi connectivity index (χ2v) is 6.32. The number of hydrogen-bond donors (Lipinski definition) is 1. The molecule has 1 N–H and O–H groups in total. The van der Waals surface area contributed by atoms with E-state index in [1.165, 1.54) is 12.1 Å². The van der Waals surface area contributed by atoms with Crippen LogP contribution in [0.25, 0.3) is 0 Å². The van der Waals surface area contributed by atoms with Gasteiger partial charge in [-0.25, -0.2) is 0 Å². The molecule has 0 unspecified atom stereocenters. The molecule has 4 rings (SSSR count). The van der Waals surface area contributed by atoms with E-state index in [-0.39, 0.29) is 11.1 Å². The highest BCUT2D eigenvalue weighted by Crippen LogP contribution is 2.57. The molecule has 19 heavy (non-hydrogen) atoms. The van der Waals surface area contributed by atoms with Gasteiger partial charge in [0.1, 0.15) is 0 Å². The van der Waals surface area contributed by atoms with Crippen molar-refractivity contribution in [2.75, 3.05) is 0 Å². The number of alkyl halides is 3. The van der Waals surface area contributed by atoms with Gasteiger partial charge in [0.25, 0.3) is 5.91 Å². The highest BCUT2D eigenvalue weighted by atomic mass is 79.9. The number of rotatable bonds is 2. The summed E-state index contributed by atoms with van der Waals surface area (Å²) in [7, 11) is 0. The second-order valence-electron chi connectivity index (χ2n) is 5.40. The Morgan fingerprint density at radius 3 is 2.42 bits per heavy atom. The van der Waals surface area contributed by atoms with Crippen molar-refractivity contribution in [2.24, 2.45) is 5.92 Å². The molecule has 2 nitrogen and oxygen atoms in total. The maximum atomic E-state index is 12.9. The molecule has 3 aliphatic carbocycles. The second kappa shape index (κ2) is 3.98. The normalized spacial score (nSPS) is 28.3. The number of halogens is 4. The molecule has 0 spiro atoms. The van der Waals surface area contributed by atoms with E-state index < -0.39 is 17.6 Å². The molecule has 0 heterocycles. The van der Waals surface area contributed by atoms with Crippen LogP contribution < -0.4 is 5.32 Å². The summed E-state index contributed by atoms with van der Waals surface area (Å²) in [4.78, 5) is 12.1. The third-order valence-electron chi connectivity index (χ3n) is 3.95. The molecule has 0 aromatic heterocycles. The van der Waals surface area contributed by atoms with Crippen molar-refractivity contribution in [3.8, 4) is 0 Å². The zero-order valence-electron chi connectivity index (χ0n) is 9.85. The average Bonchev–Trinajstić information content (AvgIpc) is 2.19. The lowest BCUT2D eigenvalue weighted by molar-refractivity contribution is -0.138. The Bertz CT molecular complexity index is 538. The Morgan fingerprint density at radius 1 is 1.32 bits per heavy atom. The fourth-order valence-corrected chi connectivity index (χ4v) is 3.25. The SMILES string of the molecule is O=C(NC12CC(C1)C2)c1cc(Br)ccc1C(F)(F)F. The van der Waals surface area contributed by atoms with Gasteiger partial charge >= 0.3 is 6.18 Å². The van der Waals surface area contributed by atoms with Crippen molar-refractivity contribution in [2.45, 2.75) is 31.0 Å².